The number of aryl methyl sites for hydroxylation is 1. The van der Waals surface area contributed by atoms with Crippen LogP contribution in [0.1, 0.15) is 47.8 Å². The average Bonchev–Trinajstić information content (AvgIpc) is 3.07. The summed E-state index contributed by atoms with van der Waals surface area (Å²) in [7, 11) is 0. The fourth-order valence-corrected chi connectivity index (χ4v) is 4.08. The number of H-pyrrole nitrogens is 1. The number of hydrogen-bond acceptors (Lipinski definition) is 4. The van der Waals surface area contributed by atoms with Crippen LogP contribution in [0.4, 0.5) is 19.0 Å². The largest absolute Gasteiger partial charge is 0.425 e. The Hall–Kier alpha value is -4.15. The zero-order chi connectivity index (χ0) is 26.6. The molecule has 3 aromatic rings. The Labute approximate surface area is 203 Å². The Morgan fingerprint density at radius 3 is 2.06 bits per heavy atom. The van der Waals surface area contributed by atoms with Gasteiger partial charge < -0.3 is 10.6 Å². The summed E-state index contributed by atoms with van der Waals surface area (Å²) < 4.78 is 44.5. The molecule has 0 radical (unpaired) electrons. The number of aromatic nitrogens is 2. The number of aromatic amines is 1. The first-order chi connectivity index (χ1) is 16.7. The van der Waals surface area contributed by atoms with Gasteiger partial charge in [-0.3, -0.25) is 19.4 Å². The van der Waals surface area contributed by atoms with E-state index in [-0.39, 0.29) is 16.7 Å². The second-order valence-electron chi connectivity index (χ2n) is 9.64. The van der Waals surface area contributed by atoms with E-state index in [0.29, 0.717) is 0 Å². The van der Waals surface area contributed by atoms with Crippen molar-refractivity contribution in [1.82, 2.24) is 14.9 Å². The van der Waals surface area contributed by atoms with Gasteiger partial charge in [-0.2, -0.15) is 13.2 Å². The third-order valence-corrected chi connectivity index (χ3v) is 6.09. The van der Waals surface area contributed by atoms with Crippen LogP contribution in [0.25, 0.3) is 5.69 Å². The number of halogens is 3. The minimum Gasteiger partial charge on any atom is -0.326 e. The Bertz CT molecular complexity index is 1480. The standard InChI is InChI=1S/C25H23F3N4O4/c1-13-5-11-16(12-6-13)32-18-17(20(34)30-22(32)36)24(21(35)29-18,25(26,27)28)31-19(33)14-7-9-15(10-8-14)23(2,3)4/h5-12H,1-4H3,(H,29,35)(H,31,33)(H,30,34,36). The number of amides is 2. The Kier molecular flexibility index (Phi) is 5.69. The number of hydrogen-bond donors (Lipinski definition) is 3. The predicted octanol–water partition coefficient (Wildman–Crippen LogP) is 3.27. The summed E-state index contributed by atoms with van der Waals surface area (Å²) in [5.74, 6) is -3.59. The Balaban J connectivity index is 1.89. The summed E-state index contributed by atoms with van der Waals surface area (Å²) in [6.45, 7) is 7.56. The third kappa shape index (κ3) is 3.90. The zero-order valence-electron chi connectivity index (χ0n) is 19.8. The normalized spacial score (nSPS) is 17.5. The number of carbonyl (C=O) groups is 2. The van der Waals surface area contributed by atoms with E-state index in [0.717, 1.165) is 15.7 Å². The number of nitrogens with one attached hydrogen (secondary N) is 3. The van der Waals surface area contributed by atoms with Crippen LogP contribution in [0.5, 0.6) is 0 Å². The molecule has 0 saturated carbocycles. The van der Waals surface area contributed by atoms with Gasteiger partial charge in [0.15, 0.2) is 0 Å². The van der Waals surface area contributed by atoms with Crippen LogP contribution in [0.3, 0.4) is 0 Å². The van der Waals surface area contributed by atoms with E-state index in [1.807, 2.05) is 31.1 Å². The minimum atomic E-state index is -5.42. The van der Waals surface area contributed by atoms with Gasteiger partial charge in [0, 0.05) is 5.56 Å². The monoisotopic (exact) mass is 500 g/mol. The van der Waals surface area contributed by atoms with Crippen molar-refractivity contribution in [3.63, 3.8) is 0 Å². The number of carbonyl (C=O) groups excluding carboxylic acids is 2. The van der Waals surface area contributed by atoms with Gasteiger partial charge in [0.1, 0.15) is 11.4 Å². The van der Waals surface area contributed by atoms with E-state index in [2.05, 4.69) is 0 Å². The molecule has 0 spiro atoms. The average molecular weight is 500 g/mol. The first-order valence-corrected chi connectivity index (χ1v) is 10.9. The molecule has 2 amide bonds. The number of alkyl halides is 3. The lowest BCUT2D eigenvalue weighted by molar-refractivity contribution is -0.196. The summed E-state index contributed by atoms with van der Waals surface area (Å²) in [5, 5.41) is 3.76. The smallest absolute Gasteiger partial charge is 0.326 e. The molecule has 4 rings (SSSR count). The number of anilines is 1. The maximum Gasteiger partial charge on any atom is 0.425 e. The summed E-state index contributed by atoms with van der Waals surface area (Å²) in [4.78, 5) is 53.1. The molecule has 0 aliphatic carbocycles. The van der Waals surface area contributed by atoms with Crippen LogP contribution in [0.15, 0.2) is 58.1 Å². The highest BCUT2D eigenvalue weighted by Gasteiger charge is 2.68. The van der Waals surface area contributed by atoms with Crippen LogP contribution in [-0.4, -0.2) is 27.5 Å². The van der Waals surface area contributed by atoms with Crippen molar-refractivity contribution >= 4 is 17.6 Å². The van der Waals surface area contributed by atoms with E-state index >= 15 is 0 Å². The van der Waals surface area contributed by atoms with Crippen molar-refractivity contribution in [2.75, 3.05) is 5.32 Å². The molecular formula is C25H23F3N4O4. The first kappa shape index (κ1) is 25.0. The number of fused-ring (bicyclic) bond motifs is 1. The van der Waals surface area contributed by atoms with Crippen LogP contribution in [-0.2, 0) is 15.7 Å². The summed E-state index contributed by atoms with van der Waals surface area (Å²) >= 11 is 0. The molecule has 1 aromatic heterocycles. The van der Waals surface area contributed by atoms with Crippen molar-refractivity contribution in [2.45, 2.75) is 44.8 Å². The van der Waals surface area contributed by atoms with Crippen molar-refractivity contribution in [3.8, 4) is 5.69 Å². The molecule has 0 saturated heterocycles. The van der Waals surface area contributed by atoms with E-state index in [4.69, 9.17) is 0 Å². The quantitative estimate of drug-likeness (QED) is 0.512. The molecule has 11 heteroatoms. The summed E-state index contributed by atoms with van der Waals surface area (Å²) in [5.41, 5.74) is -5.99. The molecule has 8 nitrogen and oxygen atoms in total. The Morgan fingerprint density at radius 1 is 0.944 bits per heavy atom. The Morgan fingerprint density at radius 2 is 1.53 bits per heavy atom. The topological polar surface area (TPSA) is 113 Å². The molecule has 2 aromatic carbocycles. The highest BCUT2D eigenvalue weighted by atomic mass is 19.4. The van der Waals surface area contributed by atoms with Gasteiger partial charge in [-0.25, -0.2) is 9.36 Å². The van der Waals surface area contributed by atoms with Gasteiger partial charge in [-0.15, -0.1) is 0 Å². The predicted molar refractivity (Wildman–Crippen MR) is 126 cm³/mol. The number of rotatable bonds is 3. The summed E-state index contributed by atoms with van der Waals surface area (Å²) in [6.07, 6.45) is -5.42. The molecule has 1 aliphatic heterocycles. The highest BCUT2D eigenvalue weighted by molar-refractivity contribution is 6.09. The molecule has 2 heterocycles. The number of nitrogens with zero attached hydrogens (tertiary/aromatic N) is 1. The first-order valence-electron chi connectivity index (χ1n) is 10.9. The van der Waals surface area contributed by atoms with Gasteiger partial charge in [0.2, 0.25) is 0 Å². The lowest BCUT2D eigenvalue weighted by Gasteiger charge is -2.30. The third-order valence-electron chi connectivity index (χ3n) is 6.09. The van der Waals surface area contributed by atoms with Crippen molar-refractivity contribution < 1.29 is 22.8 Å². The maximum absolute atomic E-state index is 14.6. The second-order valence-corrected chi connectivity index (χ2v) is 9.64. The van der Waals surface area contributed by atoms with Crippen molar-refractivity contribution in [1.29, 1.82) is 0 Å². The number of benzene rings is 2. The molecule has 188 valence electrons. The second kappa shape index (κ2) is 8.21. The molecule has 3 N–H and O–H groups in total. The molecule has 0 bridgehead atoms. The highest BCUT2D eigenvalue weighted by Crippen LogP contribution is 2.45. The van der Waals surface area contributed by atoms with Crippen LogP contribution in [0.2, 0.25) is 0 Å². The minimum absolute atomic E-state index is 0.112. The van der Waals surface area contributed by atoms with Gasteiger partial charge in [0.05, 0.1) is 5.69 Å². The molecule has 1 atom stereocenters. The lowest BCUT2D eigenvalue weighted by atomic mass is 9.86. The van der Waals surface area contributed by atoms with Crippen molar-refractivity contribution in [3.05, 3.63) is 91.6 Å². The van der Waals surface area contributed by atoms with Crippen molar-refractivity contribution in [2.24, 2.45) is 0 Å². The summed E-state index contributed by atoms with van der Waals surface area (Å²) in [6, 6.07) is 12.0. The van der Waals surface area contributed by atoms with Gasteiger partial charge in [-0.1, -0.05) is 50.6 Å². The van der Waals surface area contributed by atoms with E-state index < -0.39 is 46.2 Å². The van der Waals surface area contributed by atoms with Crippen LogP contribution in [0, 0.1) is 6.92 Å². The molecular weight excluding hydrogens is 477 g/mol. The maximum atomic E-state index is 14.6. The fourth-order valence-electron chi connectivity index (χ4n) is 4.08. The van der Waals surface area contributed by atoms with E-state index in [1.165, 1.54) is 24.3 Å². The lowest BCUT2D eigenvalue weighted by Crippen LogP contribution is -2.62. The van der Waals surface area contributed by atoms with E-state index in [1.54, 1.807) is 36.5 Å². The van der Waals surface area contributed by atoms with Gasteiger partial charge >= 0.3 is 11.9 Å². The fraction of sp³-hybridized carbons (Fsp3) is 0.280. The molecule has 36 heavy (non-hydrogen) atoms. The zero-order valence-corrected chi connectivity index (χ0v) is 19.8. The molecule has 1 aliphatic rings. The van der Waals surface area contributed by atoms with Gasteiger partial charge in [-0.05, 0) is 42.2 Å². The van der Waals surface area contributed by atoms with E-state index in [9.17, 15) is 32.3 Å². The molecule has 0 fully saturated rings. The van der Waals surface area contributed by atoms with Crippen LogP contribution >= 0.6 is 0 Å². The van der Waals surface area contributed by atoms with Gasteiger partial charge in [0.25, 0.3) is 22.9 Å². The SMILES string of the molecule is Cc1ccc(-n2c3c(c(=O)[nH]c2=O)C(NC(=O)c2ccc(C(C)(C)C)cc2)(C(F)(F)F)C(=O)N3)cc1. The molecule has 1 unspecified atom stereocenters. The van der Waals surface area contributed by atoms with Crippen LogP contribution < -0.4 is 21.9 Å².